The van der Waals surface area contributed by atoms with Crippen LogP contribution in [0.5, 0.6) is 0 Å². The summed E-state index contributed by atoms with van der Waals surface area (Å²) in [7, 11) is 0. The molecule has 4 heterocycles. The lowest BCUT2D eigenvalue weighted by Crippen LogP contribution is -2.38. The van der Waals surface area contributed by atoms with Gasteiger partial charge in [0.2, 0.25) is 0 Å². The highest BCUT2D eigenvalue weighted by Gasteiger charge is 2.21. The Labute approximate surface area is 139 Å². The van der Waals surface area contributed by atoms with Gasteiger partial charge in [0.15, 0.2) is 0 Å². The molecule has 0 radical (unpaired) electrons. The Morgan fingerprint density at radius 3 is 3.17 bits per heavy atom. The zero-order chi connectivity index (χ0) is 16.4. The molecular weight excluding hydrogens is 304 g/mol. The number of hydrogen-bond donors (Lipinski definition) is 0. The monoisotopic (exact) mass is 324 g/mol. The highest BCUT2D eigenvalue weighted by atomic mass is 16.3. The molecule has 3 aromatic heterocycles. The molecule has 1 atom stereocenters. The second-order valence-electron chi connectivity index (χ2n) is 6.42. The third-order valence-corrected chi connectivity index (χ3v) is 4.65. The normalized spacial score (nSPS) is 18.9. The molecule has 6 heteroatoms. The van der Waals surface area contributed by atoms with E-state index in [1.165, 1.54) is 0 Å². The van der Waals surface area contributed by atoms with Crippen LogP contribution >= 0.6 is 0 Å². The number of nitrogens with zero attached hydrogens (tertiary/aromatic N) is 4. The SMILES string of the molecule is O=c1c2ccncc2ncn1CC1CCCN(Cc2ccco2)C1. The number of aromatic nitrogens is 3. The van der Waals surface area contributed by atoms with Crippen molar-refractivity contribution in [3.63, 3.8) is 0 Å². The number of furan rings is 1. The Kier molecular flexibility index (Phi) is 4.13. The van der Waals surface area contributed by atoms with Crippen LogP contribution in [0.4, 0.5) is 0 Å². The van der Waals surface area contributed by atoms with E-state index in [9.17, 15) is 4.79 Å². The lowest BCUT2D eigenvalue weighted by atomic mass is 9.98. The maximum Gasteiger partial charge on any atom is 0.261 e. The van der Waals surface area contributed by atoms with Gasteiger partial charge in [0, 0.05) is 19.3 Å². The summed E-state index contributed by atoms with van der Waals surface area (Å²) in [5, 5.41) is 0.635. The minimum Gasteiger partial charge on any atom is -0.468 e. The predicted molar refractivity (Wildman–Crippen MR) is 90.5 cm³/mol. The molecule has 1 aliphatic heterocycles. The Bertz CT molecular complexity index is 872. The summed E-state index contributed by atoms with van der Waals surface area (Å²) in [6.45, 7) is 3.59. The summed E-state index contributed by atoms with van der Waals surface area (Å²) < 4.78 is 7.18. The molecular formula is C18H20N4O2. The Morgan fingerprint density at radius 2 is 2.29 bits per heavy atom. The maximum absolute atomic E-state index is 12.6. The van der Waals surface area contributed by atoms with Gasteiger partial charge in [0.05, 0.1) is 36.2 Å². The van der Waals surface area contributed by atoms with Crippen molar-refractivity contribution >= 4 is 10.9 Å². The summed E-state index contributed by atoms with van der Waals surface area (Å²) in [5.74, 6) is 1.44. The van der Waals surface area contributed by atoms with E-state index in [1.54, 1.807) is 35.6 Å². The smallest absolute Gasteiger partial charge is 0.261 e. The standard InChI is InChI=1S/C18H20N4O2/c23-18-16-5-6-19-9-17(16)20-13-22(18)11-14-3-1-7-21(10-14)12-15-4-2-8-24-15/h2,4-6,8-9,13-14H,1,3,7,10-12H2. The van der Waals surface area contributed by atoms with Gasteiger partial charge in [-0.15, -0.1) is 0 Å². The first kappa shape index (κ1) is 15.1. The van der Waals surface area contributed by atoms with Crippen LogP contribution in [0, 0.1) is 5.92 Å². The number of piperidine rings is 1. The molecule has 24 heavy (non-hydrogen) atoms. The minimum atomic E-state index is 0.0190. The third-order valence-electron chi connectivity index (χ3n) is 4.65. The van der Waals surface area contributed by atoms with Crippen molar-refractivity contribution in [2.45, 2.75) is 25.9 Å². The summed E-state index contributed by atoms with van der Waals surface area (Å²) >= 11 is 0. The Hall–Kier alpha value is -2.47. The number of likely N-dealkylation sites (tertiary alicyclic amines) is 1. The van der Waals surface area contributed by atoms with E-state index in [0.717, 1.165) is 38.2 Å². The molecule has 3 aromatic rings. The fourth-order valence-corrected chi connectivity index (χ4v) is 3.48. The van der Waals surface area contributed by atoms with Gasteiger partial charge in [0.1, 0.15) is 5.76 Å². The molecule has 0 saturated carbocycles. The molecule has 1 saturated heterocycles. The zero-order valence-corrected chi connectivity index (χ0v) is 13.5. The van der Waals surface area contributed by atoms with Gasteiger partial charge in [-0.3, -0.25) is 19.2 Å². The molecule has 0 amide bonds. The van der Waals surface area contributed by atoms with E-state index >= 15 is 0 Å². The third kappa shape index (κ3) is 3.10. The first-order chi connectivity index (χ1) is 11.8. The first-order valence-electron chi connectivity index (χ1n) is 8.33. The van der Waals surface area contributed by atoms with Gasteiger partial charge < -0.3 is 4.42 Å². The quantitative estimate of drug-likeness (QED) is 0.737. The van der Waals surface area contributed by atoms with E-state index in [1.807, 2.05) is 12.1 Å². The second kappa shape index (κ2) is 6.57. The van der Waals surface area contributed by atoms with E-state index < -0.39 is 0 Å². The molecule has 1 aliphatic rings. The fraction of sp³-hybridized carbons (Fsp3) is 0.389. The van der Waals surface area contributed by atoms with Crippen LogP contribution in [0.15, 0.2) is 52.4 Å². The van der Waals surface area contributed by atoms with Crippen LogP contribution < -0.4 is 5.56 Å². The van der Waals surface area contributed by atoms with Crippen molar-refractivity contribution in [1.82, 2.24) is 19.4 Å². The summed E-state index contributed by atoms with van der Waals surface area (Å²) in [4.78, 5) is 23.4. The van der Waals surface area contributed by atoms with E-state index in [4.69, 9.17) is 4.42 Å². The zero-order valence-electron chi connectivity index (χ0n) is 13.5. The van der Waals surface area contributed by atoms with Crippen molar-refractivity contribution in [2.75, 3.05) is 13.1 Å². The van der Waals surface area contributed by atoms with Crippen molar-refractivity contribution in [1.29, 1.82) is 0 Å². The molecule has 1 unspecified atom stereocenters. The average molecular weight is 324 g/mol. The predicted octanol–water partition coefficient (Wildman–Crippen LogP) is 2.30. The van der Waals surface area contributed by atoms with Crippen molar-refractivity contribution < 1.29 is 4.42 Å². The molecule has 124 valence electrons. The molecule has 6 nitrogen and oxygen atoms in total. The lowest BCUT2D eigenvalue weighted by molar-refractivity contribution is 0.146. The summed E-state index contributed by atoms with van der Waals surface area (Å²) in [6, 6.07) is 5.67. The van der Waals surface area contributed by atoms with Gasteiger partial charge in [-0.05, 0) is 43.5 Å². The fourth-order valence-electron chi connectivity index (χ4n) is 3.48. The average Bonchev–Trinajstić information content (AvgIpc) is 3.11. The van der Waals surface area contributed by atoms with Gasteiger partial charge in [0.25, 0.3) is 5.56 Å². The van der Waals surface area contributed by atoms with Crippen molar-refractivity contribution in [3.05, 3.63) is 59.3 Å². The number of rotatable bonds is 4. The lowest BCUT2D eigenvalue weighted by Gasteiger charge is -2.32. The number of pyridine rings is 1. The maximum atomic E-state index is 12.6. The highest BCUT2D eigenvalue weighted by molar-refractivity contribution is 5.75. The summed E-state index contributed by atoms with van der Waals surface area (Å²) in [6.07, 6.45) is 8.92. The van der Waals surface area contributed by atoms with Gasteiger partial charge in [-0.25, -0.2) is 4.98 Å². The minimum absolute atomic E-state index is 0.0190. The molecule has 0 spiro atoms. The van der Waals surface area contributed by atoms with Crippen LogP contribution in [-0.4, -0.2) is 32.5 Å². The van der Waals surface area contributed by atoms with E-state index in [0.29, 0.717) is 23.4 Å². The second-order valence-corrected chi connectivity index (χ2v) is 6.42. The van der Waals surface area contributed by atoms with E-state index in [2.05, 4.69) is 14.9 Å². The Balaban J connectivity index is 1.48. The van der Waals surface area contributed by atoms with Crippen LogP contribution in [0.25, 0.3) is 10.9 Å². The van der Waals surface area contributed by atoms with Gasteiger partial charge in [-0.1, -0.05) is 0 Å². The molecule has 0 aromatic carbocycles. The van der Waals surface area contributed by atoms with Crippen LogP contribution in [0.2, 0.25) is 0 Å². The van der Waals surface area contributed by atoms with Crippen LogP contribution in [0.3, 0.4) is 0 Å². The topological polar surface area (TPSA) is 64.2 Å². The molecule has 0 bridgehead atoms. The van der Waals surface area contributed by atoms with Gasteiger partial charge in [-0.2, -0.15) is 0 Å². The largest absolute Gasteiger partial charge is 0.468 e. The molecule has 1 fully saturated rings. The summed E-state index contributed by atoms with van der Waals surface area (Å²) in [5.41, 5.74) is 0.674. The van der Waals surface area contributed by atoms with Crippen LogP contribution in [0.1, 0.15) is 18.6 Å². The van der Waals surface area contributed by atoms with Crippen LogP contribution in [-0.2, 0) is 13.1 Å². The first-order valence-corrected chi connectivity index (χ1v) is 8.33. The number of hydrogen-bond acceptors (Lipinski definition) is 5. The van der Waals surface area contributed by atoms with E-state index in [-0.39, 0.29) is 5.56 Å². The molecule has 4 rings (SSSR count). The Morgan fingerprint density at radius 1 is 1.33 bits per heavy atom. The number of fused-ring (bicyclic) bond motifs is 1. The molecule has 0 N–H and O–H groups in total. The highest BCUT2D eigenvalue weighted by Crippen LogP contribution is 2.20. The van der Waals surface area contributed by atoms with Gasteiger partial charge >= 0.3 is 0 Å². The van der Waals surface area contributed by atoms with Crippen molar-refractivity contribution in [3.8, 4) is 0 Å². The van der Waals surface area contributed by atoms with Crippen molar-refractivity contribution in [2.24, 2.45) is 5.92 Å². The molecule has 0 aliphatic carbocycles.